The summed E-state index contributed by atoms with van der Waals surface area (Å²) in [7, 11) is 1.50. The number of alkyl halides is 3. The number of methoxy groups -OCH3 is 1. The smallest absolute Gasteiger partial charge is 0.376 e. The lowest BCUT2D eigenvalue weighted by Gasteiger charge is -2.23. The average Bonchev–Trinajstić information content (AvgIpc) is 3.38. The topological polar surface area (TPSA) is 61.3 Å². The monoisotopic (exact) mass is 412 g/mol. The molecule has 0 radical (unpaired) electrons. The summed E-state index contributed by atoms with van der Waals surface area (Å²) in [6.07, 6.45) is -4.75. The quantitative estimate of drug-likeness (QED) is 0.418. The first-order chi connectivity index (χ1) is 14.5. The van der Waals surface area contributed by atoms with Gasteiger partial charge in [0.05, 0.1) is 11.7 Å². The van der Waals surface area contributed by atoms with Gasteiger partial charge in [0.25, 0.3) is 0 Å². The fraction of sp³-hybridized carbons (Fsp3) is 0.182. The summed E-state index contributed by atoms with van der Waals surface area (Å²) in [4.78, 5) is 0. The first-order valence-electron chi connectivity index (χ1n) is 9.22. The Morgan fingerprint density at radius 2 is 1.57 bits per heavy atom. The average molecular weight is 412 g/mol. The minimum Gasteiger partial charge on any atom is -0.376 e. The van der Waals surface area contributed by atoms with Gasteiger partial charge < -0.3 is 13.8 Å². The van der Waals surface area contributed by atoms with Gasteiger partial charge in [-0.2, -0.15) is 13.2 Å². The molecule has 8 heteroatoms. The Morgan fingerprint density at radius 1 is 0.900 bits per heavy atom. The van der Waals surface area contributed by atoms with Crippen LogP contribution in [0.1, 0.15) is 22.8 Å². The summed E-state index contributed by atoms with van der Waals surface area (Å²) in [5.41, 5.74) is 1.52. The van der Waals surface area contributed by atoms with Crippen LogP contribution in [0, 0.1) is 0 Å². The molecule has 5 rings (SSSR count). The third-order valence-corrected chi connectivity index (χ3v) is 5.24. The maximum atomic E-state index is 14.1. The van der Waals surface area contributed by atoms with Gasteiger partial charge in [0.1, 0.15) is 11.3 Å². The molecule has 0 spiro atoms. The second kappa shape index (κ2) is 6.84. The van der Waals surface area contributed by atoms with Gasteiger partial charge in [-0.25, -0.2) is 0 Å². The van der Waals surface area contributed by atoms with E-state index in [-0.39, 0.29) is 17.1 Å². The number of hydrogen-bond acceptors (Lipinski definition) is 5. The molecule has 1 atom stereocenters. The molecule has 1 aliphatic carbocycles. The first kappa shape index (κ1) is 18.6. The molecule has 152 valence electrons. The van der Waals surface area contributed by atoms with Crippen LogP contribution in [0.25, 0.3) is 34.0 Å². The first-order valence-corrected chi connectivity index (χ1v) is 9.22. The number of benzene rings is 2. The molecular formula is C22H15F3N2O3. The van der Waals surface area contributed by atoms with Crippen molar-refractivity contribution in [2.45, 2.75) is 18.7 Å². The Labute approximate surface area is 169 Å². The number of fused-ring (bicyclic) bond motifs is 3. The van der Waals surface area contributed by atoms with Crippen molar-refractivity contribution >= 4 is 0 Å². The molecule has 5 nitrogen and oxygen atoms in total. The third-order valence-electron chi connectivity index (χ3n) is 5.24. The van der Waals surface area contributed by atoms with E-state index in [2.05, 4.69) is 10.3 Å². The number of aromatic nitrogens is 2. The van der Waals surface area contributed by atoms with Crippen molar-refractivity contribution < 1.29 is 27.0 Å². The Balaban J connectivity index is 1.74. The summed E-state index contributed by atoms with van der Waals surface area (Å²) >= 11 is 0. The van der Waals surface area contributed by atoms with Crippen molar-refractivity contribution in [1.82, 2.24) is 10.3 Å². The predicted octanol–water partition coefficient (Wildman–Crippen LogP) is 5.93. The zero-order valence-corrected chi connectivity index (χ0v) is 15.7. The van der Waals surface area contributed by atoms with Crippen molar-refractivity contribution in [2.75, 3.05) is 7.11 Å². The molecule has 0 saturated heterocycles. The van der Waals surface area contributed by atoms with Crippen LogP contribution in [0.4, 0.5) is 13.2 Å². The fourth-order valence-corrected chi connectivity index (χ4v) is 3.89. The van der Waals surface area contributed by atoms with Crippen molar-refractivity contribution in [3.05, 3.63) is 71.3 Å². The summed E-state index contributed by atoms with van der Waals surface area (Å²) < 4.78 is 58.4. The van der Waals surface area contributed by atoms with Crippen LogP contribution < -0.4 is 0 Å². The molecule has 0 fully saturated rings. The highest BCUT2D eigenvalue weighted by atomic mass is 19.4. The minimum absolute atomic E-state index is 0.0930. The van der Waals surface area contributed by atoms with E-state index in [1.165, 1.54) is 19.2 Å². The Morgan fingerprint density at radius 3 is 2.30 bits per heavy atom. The van der Waals surface area contributed by atoms with Crippen LogP contribution in [0.2, 0.25) is 0 Å². The lowest BCUT2D eigenvalue weighted by Crippen LogP contribution is -2.13. The Hall–Kier alpha value is -3.39. The number of nitrogens with zero attached hydrogens (tertiary/aromatic N) is 2. The molecule has 0 amide bonds. The number of hydrogen-bond donors (Lipinski definition) is 0. The van der Waals surface area contributed by atoms with E-state index < -0.39 is 23.5 Å². The summed E-state index contributed by atoms with van der Waals surface area (Å²) in [6, 6.07) is 15.6. The molecule has 0 saturated carbocycles. The molecule has 0 N–H and O–H groups in total. The van der Waals surface area contributed by atoms with Crippen LogP contribution in [-0.4, -0.2) is 17.4 Å². The highest BCUT2D eigenvalue weighted by Gasteiger charge is 2.44. The van der Waals surface area contributed by atoms with Crippen LogP contribution in [0.3, 0.4) is 0 Å². The summed E-state index contributed by atoms with van der Waals surface area (Å²) in [5, 5.41) is 7.82. The number of ether oxygens (including phenoxy) is 1. The van der Waals surface area contributed by atoms with E-state index in [1.54, 1.807) is 18.2 Å². The van der Waals surface area contributed by atoms with Gasteiger partial charge in [-0.3, -0.25) is 0 Å². The molecule has 0 bridgehead atoms. The van der Waals surface area contributed by atoms with E-state index in [4.69, 9.17) is 13.8 Å². The Kier molecular flexibility index (Phi) is 4.25. The zero-order chi connectivity index (χ0) is 20.9. The van der Waals surface area contributed by atoms with E-state index in [0.29, 0.717) is 17.7 Å². The largest absolute Gasteiger partial charge is 0.422 e. The number of rotatable bonds is 3. The van der Waals surface area contributed by atoms with Crippen LogP contribution in [-0.2, 0) is 17.3 Å². The van der Waals surface area contributed by atoms with E-state index in [0.717, 1.165) is 11.1 Å². The molecule has 2 heterocycles. The highest BCUT2D eigenvalue weighted by Crippen LogP contribution is 2.48. The third kappa shape index (κ3) is 2.83. The van der Waals surface area contributed by atoms with Gasteiger partial charge in [0, 0.05) is 24.7 Å². The van der Waals surface area contributed by atoms with E-state index in [9.17, 15) is 13.2 Å². The lowest BCUT2D eigenvalue weighted by atomic mass is 9.86. The fourth-order valence-electron chi connectivity index (χ4n) is 3.89. The van der Waals surface area contributed by atoms with Crippen LogP contribution in [0.5, 0.6) is 0 Å². The standard InChI is InChI=1S/C22H15F3N2O3/c1-28-15-11-13-9-5-6-10-14(13)18-16(15)21(30-26-18)19-17(22(23,24)25)20(29-27-19)12-7-3-2-4-8-12/h2-10,15H,11H2,1H3. The van der Waals surface area contributed by atoms with Gasteiger partial charge in [-0.1, -0.05) is 64.9 Å². The molecule has 2 aromatic heterocycles. The van der Waals surface area contributed by atoms with E-state index in [1.807, 2.05) is 24.3 Å². The molecule has 4 aromatic rings. The number of halogens is 3. The summed E-state index contributed by atoms with van der Waals surface area (Å²) in [6.45, 7) is 0. The highest BCUT2D eigenvalue weighted by molar-refractivity contribution is 5.79. The maximum Gasteiger partial charge on any atom is 0.422 e. The van der Waals surface area contributed by atoms with Gasteiger partial charge in [-0.05, 0) is 5.56 Å². The molecule has 1 aliphatic rings. The van der Waals surface area contributed by atoms with Gasteiger partial charge in [0.2, 0.25) is 0 Å². The second-order valence-electron chi connectivity index (χ2n) is 6.96. The molecule has 0 aliphatic heterocycles. The zero-order valence-electron chi connectivity index (χ0n) is 15.7. The molecular weight excluding hydrogens is 397 g/mol. The van der Waals surface area contributed by atoms with Gasteiger partial charge in [0.15, 0.2) is 17.2 Å². The van der Waals surface area contributed by atoms with Crippen LogP contribution >= 0.6 is 0 Å². The van der Waals surface area contributed by atoms with Crippen LogP contribution in [0.15, 0.2) is 63.6 Å². The van der Waals surface area contributed by atoms with E-state index >= 15 is 0 Å². The maximum absolute atomic E-state index is 14.1. The minimum atomic E-state index is -4.71. The normalized spacial score (nSPS) is 15.7. The molecule has 30 heavy (non-hydrogen) atoms. The van der Waals surface area contributed by atoms with Crippen molar-refractivity contribution in [3.8, 4) is 34.0 Å². The van der Waals surface area contributed by atoms with Crippen molar-refractivity contribution in [1.29, 1.82) is 0 Å². The van der Waals surface area contributed by atoms with Gasteiger partial charge in [-0.15, -0.1) is 0 Å². The SMILES string of the molecule is COC1Cc2ccccc2-c2noc(-c3noc(-c4ccccc4)c3C(F)(F)F)c21. The second-order valence-corrected chi connectivity index (χ2v) is 6.96. The Bertz CT molecular complexity index is 1210. The molecule has 1 unspecified atom stereocenters. The van der Waals surface area contributed by atoms with Crippen molar-refractivity contribution in [2.24, 2.45) is 0 Å². The van der Waals surface area contributed by atoms with Gasteiger partial charge >= 0.3 is 6.18 Å². The predicted molar refractivity (Wildman–Crippen MR) is 101 cm³/mol. The summed E-state index contributed by atoms with van der Waals surface area (Å²) in [5.74, 6) is -0.460. The lowest BCUT2D eigenvalue weighted by molar-refractivity contribution is -0.136. The van der Waals surface area contributed by atoms with Crippen molar-refractivity contribution in [3.63, 3.8) is 0 Å². The molecule has 2 aromatic carbocycles.